The first-order valence-corrected chi connectivity index (χ1v) is 10.9. The Morgan fingerprint density at radius 1 is 1.00 bits per heavy atom. The summed E-state index contributed by atoms with van der Waals surface area (Å²) in [4.78, 5) is 21.7. The zero-order valence-corrected chi connectivity index (χ0v) is 17.9. The van der Waals surface area contributed by atoms with Crippen molar-refractivity contribution in [3.05, 3.63) is 83.9 Å². The van der Waals surface area contributed by atoms with Crippen LogP contribution in [0.3, 0.4) is 0 Å². The molecule has 1 saturated heterocycles. The van der Waals surface area contributed by atoms with E-state index >= 15 is 0 Å². The van der Waals surface area contributed by atoms with Crippen molar-refractivity contribution in [3.63, 3.8) is 0 Å². The lowest BCUT2D eigenvalue weighted by Crippen LogP contribution is -2.49. The van der Waals surface area contributed by atoms with E-state index in [1.807, 2.05) is 59.2 Å². The fraction of sp³-hybridized carbons (Fsp3) is 0.240. The molecule has 0 bridgehead atoms. The highest BCUT2D eigenvalue weighted by Gasteiger charge is 2.26. The third-order valence-electron chi connectivity index (χ3n) is 5.98. The van der Waals surface area contributed by atoms with Crippen LogP contribution in [0.1, 0.15) is 23.0 Å². The zero-order chi connectivity index (χ0) is 22.1. The van der Waals surface area contributed by atoms with Crippen molar-refractivity contribution in [1.29, 1.82) is 0 Å². The van der Waals surface area contributed by atoms with E-state index in [-0.39, 0.29) is 11.7 Å². The zero-order valence-electron chi connectivity index (χ0n) is 17.9. The van der Waals surface area contributed by atoms with Gasteiger partial charge in [0.25, 0.3) is 5.91 Å². The molecule has 0 radical (unpaired) electrons. The van der Waals surface area contributed by atoms with Gasteiger partial charge in [0.1, 0.15) is 5.82 Å². The second-order valence-electron chi connectivity index (χ2n) is 7.87. The number of rotatable bonds is 4. The number of halogens is 1. The van der Waals surface area contributed by atoms with E-state index in [9.17, 15) is 9.18 Å². The Morgan fingerprint density at radius 3 is 2.44 bits per heavy atom. The van der Waals surface area contributed by atoms with E-state index in [2.05, 4.69) is 4.98 Å². The van der Waals surface area contributed by atoms with Crippen LogP contribution in [0.15, 0.2) is 66.9 Å². The molecule has 162 valence electrons. The van der Waals surface area contributed by atoms with Crippen molar-refractivity contribution in [3.8, 4) is 11.3 Å². The number of hydrogen-bond donors (Lipinski definition) is 0. The monoisotopic (exact) mass is 429 g/mol. The topological polar surface area (TPSA) is 53.7 Å². The maximum atomic E-state index is 14.1. The molecule has 3 heterocycles. The summed E-state index contributed by atoms with van der Waals surface area (Å²) in [6.45, 7) is 4.25. The highest BCUT2D eigenvalue weighted by Crippen LogP contribution is 2.23. The fourth-order valence-electron chi connectivity index (χ4n) is 4.28. The summed E-state index contributed by atoms with van der Waals surface area (Å²) in [5, 5.41) is 4.74. The Balaban J connectivity index is 1.39. The SMILES string of the molecule is CCc1c(C(=O)N2CCN(c3ccccc3F)CC2)cnc2cc(-c3ccccc3)nn12. The largest absolute Gasteiger partial charge is 0.366 e. The average Bonchev–Trinajstić information content (AvgIpc) is 3.28. The van der Waals surface area contributed by atoms with Gasteiger partial charge in [-0.3, -0.25) is 4.79 Å². The maximum Gasteiger partial charge on any atom is 0.257 e. The molecular weight excluding hydrogens is 405 g/mol. The molecule has 0 unspecified atom stereocenters. The Morgan fingerprint density at radius 2 is 1.72 bits per heavy atom. The van der Waals surface area contributed by atoms with E-state index < -0.39 is 0 Å². The van der Waals surface area contributed by atoms with Crippen LogP contribution in [0.4, 0.5) is 10.1 Å². The minimum absolute atomic E-state index is 0.0544. The summed E-state index contributed by atoms with van der Waals surface area (Å²) in [5.41, 5.74) is 4.57. The summed E-state index contributed by atoms with van der Waals surface area (Å²) in [6.07, 6.45) is 2.32. The van der Waals surface area contributed by atoms with E-state index in [1.165, 1.54) is 6.07 Å². The fourth-order valence-corrected chi connectivity index (χ4v) is 4.28. The van der Waals surface area contributed by atoms with E-state index in [4.69, 9.17) is 5.10 Å². The molecule has 0 spiro atoms. The number of para-hydroxylation sites is 1. The normalized spacial score (nSPS) is 14.2. The second-order valence-corrected chi connectivity index (χ2v) is 7.87. The Bertz CT molecular complexity index is 1260. The van der Waals surface area contributed by atoms with Crippen molar-refractivity contribution in [2.45, 2.75) is 13.3 Å². The number of hydrogen-bond acceptors (Lipinski definition) is 4. The van der Waals surface area contributed by atoms with Gasteiger partial charge in [0.2, 0.25) is 0 Å². The second kappa shape index (κ2) is 8.42. The summed E-state index contributed by atoms with van der Waals surface area (Å²) >= 11 is 0. The quantitative estimate of drug-likeness (QED) is 0.491. The van der Waals surface area contributed by atoms with E-state index in [1.54, 1.807) is 22.8 Å². The predicted molar refractivity (Wildman–Crippen MR) is 122 cm³/mol. The predicted octanol–water partition coefficient (Wildman–Crippen LogP) is 4.06. The van der Waals surface area contributed by atoms with Gasteiger partial charge in [0, 0.05) is 44.0 Å². The highest BCUT2D eigenvalue weighted by molar-refractivity contribution is 5.95. The lowest BCUT2D eigenvalue weighted by Gasteiger charge is -2.36. The van der Waals surface area contributed by atoms with Crippen molar-refractivity contribution in [1.82, 2.24) is 19.5 Å². The van der Waals surface area contributed by atoms with Gasteiger partial charge < -0.3 is 9.80 Å². The molecule has 0 aliphatic carbocycles. The molecule has 1 aliphatic rings. The molecule has 1 amide bonds. The lowest BCUT2D eigenvalue weighted by molar-refractivity contribution is 0.0744. The standard InChI is InChI=1S/C25H24FN5O/c1-2-22-19(17-27-24-16-21(28-31(22)24)18-8-4-3-5-9-18)25(32)30-14-12-29(13-15-30)23-11-7-6-10-20(23)26/h3-11,16-17H,2,12-15H2,1H3. The molecular formula is C25H24FN5O. The number of fused-ring (bicyclic) bond motifs is 1. The van der Waals surface area contributed by atoms with E-state index in [0.717, 1.165) is 22.6 Å². The highest BCUT2D eigenvalue weighted by atomic mass is 19.1. The third-order valence-corrected chi connectivity index (χ3v) is 5.98. The number of benzene rings is 2. The summed E-state index contributed by atoms with van der Waals surface area (Å²) in [7, 11) is 0. The molecule has 5 rings (SSSR count). The number of carbonyl (C=O) groups is 1. The molecule has 1 aliphatic heterocycles. The minimum Gasteiger partial charge on any atom is -0.366 e. The number of piperazine rings is 1. The van der Waals surface area contributed by atoms with Crippen molar-refractivity contribution < 1.29 is 9.18 Å². The molecule has 32 heavy (non-hydrogen) atoms. The molecule has 0 atom stereocenters. The first-order valence-electron chi connectivity index (χ1n) is 10.9. The van der Waals surface area contributed by atoms with Crippen molar-refractivity contribution in [2.75, 3.05) is 31.1 Å². The van der Waals surface area contributed by atoms with Crippen molar-refractivity contribution >= 4 is 17.2 Å². The Kier molecular flexibility index (Phi) is 5.31. The molecule has 4 aromatic rings. The Labute approximate surface area is 185 Å². The van der Waals surface area contributed by atoms with Gasteiger partial charge in [0.05, 0.1) is 22.6 Å². The molecule has 2 aromatic carbocycles. The lowest BCUT2D eigenvalue weighted by atomic mass is 10.1. The maximum absolute atomic E-state index is 14.1. The van der Waals surface area contributed by atoms with Crippen LogP contribution >= 0.6 is 0 Å². The minimum atomic E-state index is -0.233. The molecule has 2 aromatic heterocycles. The van der Waals surface area contributed by atoms with Gasteiger partial charge in [-0.15, -0.1) is 0 Å². The van der Waals surface area contributed by atoms with Gasteiger partial charge in [-0.25, -0.2) is 13.9 Å². The van der Waals surface area contributed by atoms with Crippen LogP contribution < -0.4 is 4.90 Å². The van der Waals surface area contributed by atoms with Gasteiger partial charge >= 0.3 is 0 Å². The number of nitrogens with zero attached hydrogens (tertiary/aromatic N) is 5. The number of carbonyl (C=O) groups excluding carboxylic acids is 1. The number of amides is 1. The van der Waals surface area contributed by atoms with Crippen LogP contribution in [-0.4, -0.2) is 51.6 Å². The summed E-state index contributed by atoms with van der Waals surface area (Å²) < 4.78 is 15.9. The van der Waals surface area contributed by atoms with Crippen LogP contribution in [0, 0.1) is 5.82 Å². The average molecular weight is 429 g/mol. The molecule has 7 heteroatoms. The van der Waals surface area contributed by atoms with Crippen LogP contribution in [0.2, 0.25) is 0 Å². The van der Waals surface area contributed by atoms with Gasteiger partial charge in [-0.2, -0.15) is 5.10 Å². The van der Waals surface area contributed by atoms with Crippen LogP contribution in [-0.2, 0) is 6.42 Å². The summed E-state index contributed by atoms with van der Waals surface area (Å²) in [5.74, 6) is -0.288. The number of anilines is 1. The van der Waals surface area contributed by atoms with Crippen LogP contribution in [0.5, 0.6) is 0 Å². The number of aryl methyl sites for hydroxylation is 1. The molecule has 0 saturated carbocycles. The van der Waals surface area contributed by atoms with Crippen molar-refractivity contribution in [2.24, 2.45) is 0 Å². The van der Waals surface area contributed by atoms with Gasteiger partial charge in [-0.05, 0) is 18.6 Å². The molecule has 6 nitrogen and oxygen atoms in total. The smallest absolute Gasteiger partial charge is 0.257 e. The van der Waals surface area contributed by atoms with Gasteiger partial charge in [0.15, 0.2) is 5.65 Å². The third kappa shape index (κ3) is 3.60. The number of aromatic nitrogens is 3. The first-order chi connectivity index (χ1) is 15.7. The molecule has 1 fully saturated rings. The van der Waals surface area contributed by atoms with Gasteiger partial charge in [-0.1, -0.05) is 49.4 Å². The Hall–Kier alpha value is -3.74. The van der Waals surface area contributed by atoms with Crippen LogP contribution in [0.25, 0.3) is 16.9 Å². The summed E-state index contributed by atoms with van der Waals surface area (Å²) in [6, 6.07) is 18.6. The molecule has 0 N–H and O–H groups in total. The first kappa shape index (κ1) is 20.2. The van der Waals surface area contributed by atoms with E-state index in [0.29, 0.717) is 43.9 Å².